The van der Waals surface area contributed by atoms with Crippen LogP contribution in [-0.2, 0) is 22.6 Å². The number of aryl methyl sites for hydroxylation is 2. The summed E-state index contributed by atoms with van der Waals surface area (Å²) in [5, 5.41) is 3.67. The lowest BCUT2D eigenvalue weighted by Gasteiger charge is -2.33. The van der Waals surface area contributed by atoms with Crippen molar-refractivity contribution in [1.29, 1.82) is 0 Å². The second-order valence-electron chi connectivity index (χ2n) is 8.80. The average Bonchev–Trinajstić information content (AvgIpc) is 2.67. The molecular formula is C25H33ClN2O2. The normalized spacial score (nSPS) is 12.3. The first kappa shape index (κ1) is 23.9. The molecule has 0 aromatic heterocycles. The van der Waals surface area contributed by atoms with Crippen LogP contribution in [0.2, 0.25) is 5.02 Å². The Bertz CT molecular complexity index is 839. The summed E-state index contributed by atoms with van der Waals surface area (Å²) in [6.07, 6.45) is 1.55. The van der Waals surface area contributed by atoms with E-state index in [0.29, 0.717) is 30.8 Å². The summed E-state index contributed by atoms with van der Waals surface area (Å²) in [7, 11) is 0. The Labute approximate surface area is 185 Å². The number of carbonyl (C=O) groups is 2. The van der Waals surface area contributed by atoms with Crippen molar-refractivity contribution in [1.82, 2.24) is 10.2 Å². The molecule has 2 amide bonds. The minimum atomic E-state index is -0.523. The maximum Gasteiger partial charge on any atom is 0.243 e. The van der Waals surface area contributed by atoms with E-state index in [1.165, 1.54) is 5.56 Å². The predicted molar refractivity (Wildman–Crippen MR) is 123 cm³/mol. The largest absolute Gasteiger partial charge is 0.350 e. The Morgan fingerprint density at radius 3 is 2.10 bits per heavy atom. The molecule has 1 N–H and O–H groups in total. The monoisotopic (exact) mass is 428 g/mol. The van der Waals surface area contributed by atoms with Gasteiger partial charge in [0.2, 0.25) is 11.8 Å². The number of nitrogens with one attached hydrogen (secondary N) is 1. The highest BCUT2D eigenvalue weighted by Gasteiger charge is 2.30. The van der Waals surface area contributed by atoms with Crippen LogP contribution in [0, 0.1) is 6.92 Å². The van der Waals surface area contributed by atoms with E-state index in [1.54, 1.807) is 4.90 Å². The Morgan fingerprint density at radius 2 is 1.57 bits per heavy atom. The number of halogens is 1. The van der Waals surface area contributed by atoms with Gasteiger partial charge in [0.15, 0.2) is 0 Å². The van der Waals surface area contributed by atoms with E-state index in [0.717, 1.165) is 11.1 Å². The molecule has 2 aromatic rings. The molecule has 162 valence electrons. The van der Waals surface area contributed by atoms with Gasteiger partial charge in [0.1, 0.15) is 6.04 Å². The van der Waals surface area contributed by atoms with Crippen molar-refractivity contribution in [3.8, 4) is 0 Å². The fourth-order valence-electron chi connectivity index (χ4n) is 3.31. The van der Waals surface area contributed by atoms with Crippen LogP contribution >= 0.6 is 11.6 Å². The van der Waals surface area contributed by atoms with Gasteiger partial charge in [0, 0.05) is 23.5 Å². The lowest BCUT2D eigenvalue weighted by Crippen LogP contribution is -2.53. The fourth-order valence-corrected chi connectivity index (χ4v) is 3.43. The van der Waals surface area contributed by atoms with Gasteiger partial charge in [-0.25, -0.2) is 0 Å². The Balaban J connectivity index is 2.21. The van der Waals surface area contributed by atoms with Gasteiger partial charge in [-0.2, -0.15) is 0 Å². The highest BCUT2D eigenvalue weighted by Crippen LogP contribution is 2.18. The van der Waals surface area contributed by atoms with E-state index < -0.39 is 6.04 Å². The van der Waals surface area contributed by atoms with Gasteiger partial charge in [-0.1, -0.05) is 60.5 Å². The number of benzene rings is 2. The molecule has 0 spiro atoms. The van der Waals surface area contributed by atoms with E-state index in [4.69, 9.17) is 11.6 Å². The van der Waals surface area contributed by atoms with Crippen molar-refractivity contribution < 1.29 is 9.59 Å². The summed E-state index contributed by atoms with van der Waals surface area (Å²) in [5.74, 6) is -0.149. The molecule has 0 saturated heterocycles. The average molecular weight is 429 g/mol. The molecule has 0 aliphatic rings. The zero-order valence-corrected chi connectivity index (χ0v) is 19.4. The van der Waals surface area contributed by atoms with Crippen LogP contribution in [-0.4, -0.2) is 28.3 Å². The third-order valence-electron chi connectivity index (χ3n) is 4.90. The van der Waals surface area contributed by atoms with E-state index in [9.17, 15) is 9.59 Å². The Morgan fingerprint density at radius 1 is 1.00 bits per heavy atom. The molecule has 2 aromatic carbocycles. The van der Waals surface area contributed by atoms with Crippen LogP contribution in [0.3, 0.4) is 0 Å². The lowest BCUT2D eigenvalue weighted by atomic mass is 10.0. The predicted octanol–water partition coefficient (Wildman–Crippen LogP) is 5.30. The molecule has 0 aliphatic heterocycles. The van der Waals surface area contributed by atoms with Gasteiger partial charge in [-0.05, 0) is 63.8 Å². The summed E-state index contributed by atoms with van der Waals surface area (Å²) >= 11 is 6.01. The van der Waals surface area contributed by atoms with Crippen LogP contribution in [0.4, 0.5) is 0 Å². The zero-order chi connectivity index (χ0) is 22.3. The number of nitrogens with zero attached hydrogens (tertiary/aromatic N) is 1. The van der Waals surface area contributed by atoms with E-state index in [-0.39, 0.29) is 17.4 Å². The fraction of sp³-hybridized carbons (Fsp3) is 0.440. The number of rotatable bonds is 8. The smallest absolute Gasteiger partial charge is 0.243 e. The van der Waals surface area contributed by atoms with Crippen molar-refractivity contribution in [2.75, 3.05) is 0 Å². The summed E-state index contributed by atoms with van der Waals surface area (Å²) < 4.78 is 0. The van der Waals surface area contributed by atoms with Crippen molar-refractivity contribution in [2.45, 2.75) is 72.0 Å². The van der Waals surface area contributed by atoms with Crippen LogP contribution in [0.15, 0.2) is 48.5 Å². The minimum Gasteiger partial charge on any atom is -0.350 e. The van der Waals surface area contributed by atoms with Crippen molar-refractivity contribution >= 4 is 23.4 Å². The quantitative estimate of drug-likeness (QED) is 0.619. The molecule has 1 atom stereocenters. The van der Waals surface area contributed by atoms with Gasteiger partial charge in [-0.3, -0.25) is 9.59 Å². The van der Waals surface area contributed by atoms with E-state index in [1.807, 2.05) is 58.9 Å². The summed E-state index contributed by atoms with van der Waals surface area (Å²) in [6.45, 7) is 10.2. The molecule has 2 rings (SSSR count). The molecule has 0 radical (unpaired) electrons. The summed E-state index contributed by atoms with van der Waals surface area (Å²) in [4.78, 5) is 27.9. The highest BCUT2D eigenvalue weighted by molar-refractivity contribution is 6.30. The van der Waals surface area contributed by atoms with Gasteiger partial charge < -0.3 is 10.2 Å². The molecule has 0 saturated carbocycles. The van der Waals surface area contributed by atoms with Crippen LogP contribution in [0.5, 0.6) is 0 Å². The first-order chi connectivity index (χ1) is 14.1. The Hall–Kier alpha value is -2.33. The molecular weight excluding hydrogens is 396 g/mol. The summed E-state index contributed by atoms with van der Waals surface area (Å²) in [5.41, 5.74) is 2.90. The summed E-state index contributed by atoms with van der Waals surface area (Å²) in [6, 6.07) is 15.1. The molecule has 0 bridgehead atoms. The molecule has 4 nitrogen and oxygen atoms in total. The SMILES string of the molecule is CC[C@H](C(=O)NC(C)(C)C)N(Cc1ccc(Cl)cc1)C(=O)CCc1ccc(C)cc1. The molecule has 0 unspecified atom stereocenters. The lowest BCUT2D eigenvalue weighted by molar-refractivity contribution is -0.142. The van der Waals surface area contributed by atoms with Gasteiger partial charge in [-0.15, -0.1) is 0 Å². The van der Waals surface area contributed by atoms with Crippen molar-refractivity contribution in [2.24, 2.45) is 0 Å². The highest BCUT2D eigenvalue weighted by atomic mass is 35.5. The van der Waals surface area contributed by atoms with E-state index >= 15 is 0 Å². The van der Waals surface area contributed by atoms with Crippen LogP contribution < -0.4 is 5.32 Å². The maximum atomic E-state index is 13.2. The molecule has 0 fully saturated rings. The van der Waals surface area contributed by atoms with Gasteiger partial charge in [0.05, 0.1) is 0 Å². The second kappa shape index (κ2) is 10.6. The molecule has 0 heterocycles. The second-order valence-corrected chi connectivity index (χ2v) is 9.23. The van der Waals surface area contributed by atoms with Crippen molar-refractivity contribution in [3.05, 3.63) is 70.2 Å². The third kappa shape index (κ3) is 7.49. The first-order valence-corrected chi connectivity index (χ1v) is 10.9. The topological polar surface area (TPSA) is 49.4 Å². The van der Waals surface area contributed by atoms with Crippen LogP contribution in [0.25, 0.3) is 0 Å². The number of hydrogen-bond acceptors (Lipinski definition) is 2. The third-order valence-corrected chi connectivity index (χ3v) is 5.15. The van der Waals surface area contributed by atoms with Crippen LogP contribution in [0.1, 0.15) is 57.2 Å². The van der Waals surface area contributed by atoms with E-state index in [2.05, 4.69) is 29.6 Å². The standard InChI is InChI=1S/C25H33ClN2O2/c1-6-22(24(30)27-25(3,4)5)28(17-20-11-14-21(26)15-12-20)23(29)16-13-19-9-7-18(2)8-10-19/h7-12,14-15,22H,6,13,16-17H2,1-5H3,(H,27,30)/t22-/m1/s1. The first-order valence-electron chi connectivity index (χ1n) is 10.5. The minimum absolute atomic E-state index is 0.0264. The zero-order valence-electron chi connectivity index (χ0n) is 18.7. The van der Waals surface area contributed by atoms with Gasteiger partial charge >= 0.3 is 0 Å². The Kier molecular flexibility index (Phi) is 8.48. The number of amides is 2. The maximum absolute atomic E-state index is 13.2. The number of carbonyl (C=O) groups excluding carboxylic acids is 2. The molecule has 5 heteroatoms. The molecule has 0 aliphatic carbocycles. The number of hydrogen-bond donors (Lipinski definition) is 1. The van der Waals surface area contributed by atoms with Gasteiger partial charge in [0.25, 0.3) is 0 Å². The molecule has 30 heavy (non-hydrogen) atoms. The van der Waals surface area contributed by atoms with Crippen molar-refractivity contribution in [3.63, 3.8) is 0 Å².